The van der Waals surface area contributed by atoms with Crippen molar-refractivity contribution in [1.82, 2.24) is 4.90 Å². The van der Waals surface area contributed by atoms with Crippen LogP contribution >= 0.6 is 0 Å². The van der Waals surface area contributed by atoms with Gasteiger partial charge in [-0.3, -0.25) is 0 Å². The molecule has 1 fully saturated rings. The molecule has 0 aromatic carbocycles. The van der Waals surface area contributed by atoms with Crippen LogP contribution in [0.2, 0.25) is 0 Å². The minimum Gasteiger partial charge on any atom is -0.303 e. The molecule has 0 heterocycles. The van der Waals surface area contributed by atoms with Crippen LogP contribution in [0.3, 0.4) is 0 Å². The predicted octanol–water partition coefficient (Wildman–Crippen LogP) is 2.80. The van der Waals surface area contributed by atoms with Gasteiger partial charge in [0.15, 0.2) is 0 Å². The number of nitrogens with zero attached hydrogens (tertiary/aromatic N) is 2. The first-order valence-electron chi connectivity index (χ1n) is 5.83. The Morgan fingerprint density at radius 2 is 2.07 bits per heavy atom. The molecule has 1 aliphatic carbocycles. The molecule has 2 unspecified atom stereocenters. The molecule has 1 aliphatic rings. The van der Waals surface area contributed by atoms with Gasteiger partial charge in [0, 0.05) is 12.5 Å². The van der Waals surface area contributed by atoms with E-state index >= 15 is 0 Å². The van der Waals surface area contributed by atoms with E-state index in [2.05, 4.69) is 24.9 Å². The first-order chi connectivity index (χ1) is 6.75. The molecule has 0 saturated heterocycles. The molecule has 0 aliphatic heterocycles. The van der Waals surface area contributed by atoms with Crippen molar-refractivity contribution in [3.8, 4) is 6.07 Å². The summed E-state index contributed by atoms with van der Waals surface area (Å²) >= 11 is 0. The van der Waals surface area contributed by atoms with Gasteiger partial charge < -0.3 is 4.90 Å². The zero-order chi connectivity index (χ0) is 10.4. The first kappa shape index (κ1) is 11.5. The summed E-state index contributed by atoms with van der Waals surface area (Å²) in [5.74, 6) is 0.843. The highest BCUT2D eigenvalue weighted by atomic mass is 15.1. The third-order valence-corrected chi connectivity index (χ3v) is 3.43. The molecule has 0 radical (unpaired) electrons. The topological polar surface area (TPSA) is 27.0 Å². The summed E-state index contributed by atoms with van der Waals surface area (Å²) in [5, 5.41) is 8.47. The molecule has 80 valence electrons. The highest BCUT2D eigenvalue weighted by Crippen LogP contribution is 2.27. The van der Waals surface area contributed by atoms with E-state index in [1.54, 1.807) is 0 Å². The summed E-state index contributed by atoms with van der Waals surface area (Å²) < 4.78 is 0. The van der Waals surface area contributed by atoms with Crippen molar-refractivity contribution in [2.45, 2.75) is 51.5 Å². The van der Waals surface area contributed by atoms with Gasteiger partial charge in [0.2, 0.25) is 0 Å². The Bertz CT molecular complexity index is 195. The smallest absolute Gasteiger partial charge is 0.0622 e. The fourth-order valence-electron chi connectivity index (χ4n) is 2.52. The maximum Gasteiger partial charge on any atom is 0.0622 e. The molecule has 0 spiro atoms. The van der Waals surface area contributed by atoms with Crippen molar-refractivity contribution < 1.29 is 0 Å². The van der Waals surface area contributed by atoms with Crippen LogP contribution in [0.25, 0.3) is 0 Å². The number of nitriles is 1. The lowest BCUT2D eigenvalue weighted by Gasteiger charge is -2.36. The molecule has 1 rings (SSSR count). The monoisotopic (exact) mass is 194 g/mol. The number of unbranched alkanes of at least 4 members (excludes halogenated alkanes) is 1. The van der Waals surface area contributed by atoms with Crippen molar-refractivity contribution in [3.05, 3.63) is 0 Å². The molecule has 14 heavy (non-hydrogen) atoms. The molecule has 0 aromatic rings. The maximum atomic E-state index is 8.47. The Balaban J connectivity index is 2.27. The average Bonchev–Trinajstić information content (AvgIpc) is 2.18. The largest absolute Gasteiger partial charge is 0.303 e. The summed E-state index contributed by atoms with van der Waals surface area (Å²) in [6.45, 7) is 3.45. The summed E-state index contributed by atoms with van der Waals surface area (Å²) in [5.41, 5.74) is 0. The third kappa shape index (κ3) is 3.31. The van der Waals surface area contributed by atoms with Crippen LogP contribution in [0.15, 0.2) is 0 Å². The quantitative estimate of drug-likeness (QED) is 0.643. The minimum absolute atomic E-state index is 0.700. The van der Waals surface area contributed by atoms with Crippen LogP contribution in [0, 0.1) is 17.2 Å². The molecule has 0 amide bonds. The Labute approximate surface area is 87.9 Å². The maximum absolute atomic E-state index is 8.47. The van der Waals surface area contributed by atoms with E-state index < -0.39 is 0 Å². The highest BCUT2D eigenvalue weighted by Gasteiger charge is 2.24. The fraction of sp³-hybridized carbons (Fsp3) is 0.917. The SMILES string of the molecule is CC1CCCCC1N(C)CCCC#N. The van der Waals surface area contributed by atoms with Crippen LogP contribution < -0.4 is 0 Å². The van der Waals surface area contributed by atoms with Crippen LogP contribution in [0.1, 0.15) is 45.4 Å². The van der Waals surface area contributed by atoms with E-state index in [0.29, 0.717) is 6.42 Å². The molecule has 0 aromatic heterocycles. The van der Waals surface area contributed by atoms with Crippen molar-refractivity contribution in [2.24, 2.45) is 5.92 Å². The first-order valence-corrected chi connectivity index (χ1v) is 5.83. The van der Waals surface area contributed by atoms with E-state index in [9.17, 15) is 0 Å². The van der Waals surface area contributed by atoms with Crippen molar-refractivity contribution in [2.75, 3.05) is 13.6 Å². The third-order valence-electron chi connectivity index (χ3n) is 3.43. The Morgan fingerprint density at radius 3 is 2.71 bits per heavy atom. The van der Waals surface area contributed by atoms with Gasteiger partial charge in [0.05, 0.1) is 6.07 Å². The van der Waals surface area contributed by atoms with E-state index in [0.717, 1.165) is 24.9 Å². The van der Waals surface area contributed by atoms with Gasteiger partial charge in [-0.15, -0.1) is 0 Å². The number of hydrogen-bond donors (Lipinski definition) is 0. The lowest BCUT2D eigenvalue weighted by atomic mass is 9.85. The van der Waals surface area contributed by atoms with Crippen molar-refractivity contribution >= 4 is 0 Å². The lowest BCUT2D eigenvalue weighted by molar-refractivity contribution is 0.139. The second kappa shape index (κ2) is 6.03. The van der Waals surface area contributed by atoms with Gasteiger partial charge in [-0.2, -0.15) is 5.26 Å². The molecule has 0 bridgehead atoms. The van der Waals surface area contributed by atoms with Crippen LogP contribution in [-0.4, -0.2) is 24.5 Å². The van der Waals surface area contributed by atoms with E-state index in [1.165, 1.54) is 25.7 Å². The molecular formula is C12H22N2. The van der Waals surface area contributed by atoms with E-state index in [1.807, 2.05) is 0 Å². The van der Waals surface area contributed by atoms with Crippen LogP contribution in [0.5, 0.6) is 0 Å². The van der Waals surface area contributed by atoms with Crippen molar-refractivity contribution in [1.29, 1.82) is 5.26 Å². The zero-order valence-electron chi connectivity index (χ0n) is 9.50. The van der Waals surface area contributed by atoms with Crippen molar-refractivity contribution in [3.63, 3.8) is 0 Å². The van der Waals surface area contributed by atoms with Crippen LogP contribution in [0.4, 0.5) is 0 Å². The second-order valence-corrected chi connectivity index (χ2v) is 4.57. The summed E-state index contributed by atoms with van der Waals surface area (Å²) in [6, 6.07) is 2.98. The standard InChI is InChI=1S/C12H22N2/c1-11-7-3-4-8-12(11)14(2)10-6-5-9-13/h11-12H,3-8,10H2,1-2H3. The Morgan fingerprint density at radius 1 is 1.36 bits per heavy atom. The predicted molar refractivity (Wildman–Crippen MR) is 58.9 cm³/mol. The highest BCUT2D eigenvalue weighted by molar-refractivity contribution is 4.80. The molecule has 2 atom stereocenters. The van der Waals surface area contributed by atoms with E-state index in [4.69, 9.17) is 5.26 Å². The summed E-state index contributed by atoms with van der Waals surface area (Å²) in [7, 11) is 2.21. The number of rotatable bonds is 4. The van der Waals surface area contributed by atoms with E-state index in [-0.39, 0.29) is 0 Å². The van der Waals surface area contributed by atoms with Gasteiger partial charge >= 0.3 is 0 Å². The van der Waals surface area contributed by atoms with Gasteiger partial charge in [-0.05, 0) is 38.8 Å². The van der Waals surface area contributed by atoms with Gasteiger partial charge in [0.25, 0.3) is 0 Å². The summed E-state index contributed by atoms with van der Waals surface area (Å²) in [6.07, 6.45) is 7.25. The van der Waals surface area contributed by atoms with Crippen LogP contribution in [-0.2, 0) is 0 Å². The zero-order valence-corrected chi connectivity index (χ0v) is 9.50. The molecule has 0 N–H and O–H groups in total. The van der Waals surface area contributed by atoms with Gasteiger partial charge in [-0.25, -0.2) is 0 Å². The van der Waals surface area contributed by atoms with Gasteiger partial charge in [-0.1, -0.05) is 19.8 Å². The van der Waals surface area contributed by atoms with Gasteiger partial charge in [0.1, 0.15) is 0 Å². The Hall–Kier alpha value is -0.550. The normalized spacial score (nSPS) is 27.6. The molecule has 2 heteroatoms. The Kier molecular flexibility index (Phi) is 4.97. The lowest BCUT2D eigenvalue weighted by Crippen LogP contribution is -2.39. The molecular weight excluding hydrogens is 172 g/mol. The second-order valence-electron chi connectivity index (χ2n) is 4.57. The minimum atomic E-state index is 0.700. The molecule has 2 nitrogen and oxygen atoms in total. The summed E-state index contributed by atoms with van der Waals surface area (Å²) in [4.78, 5) is 2.46. The average molecular weight is 194 g/mol. The number of hydrogen-bond acceptors (Lipinski definition) is 2. The molecule has 1 saturated carbocycles. The fourth-order valence-corrected chi connectivity index (χ4v) is 2.52.